The van der Waals surface area contributed by atoms with Gasteiger partial charge in [0.25, 0.3) is 0 Å². The standard InChI is InChI=1S/C12H21NO3S/c1-4-10-13(5-2)11-8-6-7-9-12(11,14)17(3,15)16/h6-9,11,14H,4-5,10H2,1-3H3. The smallest absolute Gasteiger partial charge is 0.203 e. The molecule has 17 heavy (non-hydrogen) atoms. The van der Waals surface area contributed by atoms with Gasteiger partial charge >= 0.3 is 0 Å². The maximum atomic E-state index is 11.8. The Morgan fingerprint density at radius 3 is 2.47 bits per heavy atom. The number of allylic oxidation sites excluding steroid dienone is 2. The van der Waals surface area contributed by atoms with Crippen LogP contribution < -0.4 is 0 Å². The van der Waals surface area contributed by atoms with Crippen molar-refractivity contribution in [1.82, 2.24) is 4.90 Å². The second-order valence-corrected chi connectivity index (χ2v) is 6.54. The molecule has 1 aliphatic carbocycles. The zero-order chi connectivity index (χ0) is 13.1. The summed E-state index contributed by atoms with van der Waals surface area (Å²) in [7, 11) is -3.57. The quantitative estimate of drug-likeness (QED) is 0.798. The molecule has 4 nitrogen and oxygen atoms in total. The van der Waals surface area contributed by atoms with Crippen molar-refractivity contribution in [3.8, 4) is 0 Å². The van der Waals surface area contributed by atoms with E-state index in [1.807, 2.05) is 18.7 Å². The molecule has 0 saturated heterocycles. The Hall–Kier alpha value is -0.650. The maximum absolute atomic E-state index is 11.8. The fourth-order valence-corrected chi connectivity index (χ4v) is 3.10. The first-order valence-corrected chi connectivity index (χ1v) is 7.78. The molecular weight excluding hydrogens is 238 g/mol. The molecule has 0 aromatic heterocycles. The van der Waals surface area contributed by atoms with Crippen LogP contribution in [0.1, 0.15) is 20.3 Å². The van der Waals surface area contributed by atoms with Crippen molar-refractivity contribution in [2.75, 3.05) is 19.3 Å². The molecule has 1 N–H and O–H groups in total. The summed E-state index contributed by atoms with van der Waals surface area (Å²) in [5.41, 5.74) is 0. The molecule has 0 saturated carbocycles. The molecule has 0 spiro atoms. The minimum absolute atomic E-state index is 0.507. The van der Waals surface area contributed by atoms with E-state index in [1.165, 1.54) is 6.08 Å². The number of likely N-dealkylation sites (N-methyl/N-ethyl adjacent to an activating group) is 1. The lowest BCUT2D eigenvalue weighted by atomic mass is 10.0. The van der Waals surface area contributed by atoms with E-state index in [0.717, 1.165) is 19.2 Å². The predicted octanol–water partition coefficient (Wildman–Crippen LogP) is 0.946. The molecule has 0 fully saturated rings. The van der Waals surface area contributed by atoms with Gasteiger partial charge < -0.3 is 5.11 Å². The summed E-state index contributed by atoms with van der Waals surface area (Å²) in [6, 6.07) is -0.507. The largest absolute Gasteiger partial charge is 0.370 e. The van der Waals surface area contributed by atoms with E-state index >= 15 is 0 Å². The van der Waals surface area contributed by atoms with Gasteiger partial charge in [0.15, 0.2) is 9.84 Å². The molecule has 0 heterocycles. The summed E-state index contributed by atoms with van der Waals surface area (Å²) < 4.78 is 23.6. The number of rotatable bonds is 5. The van der Waals surface area contributed by atoms with Crippen molar-refractivity contribution in [3.63, 3.8) is 0 Å². The summed E-state index contributed by atoms with van der Waals surface area (Å²) in [5.74, 6) is 0. The summed E-state index contributed by atoms with van der Waals surface area (Å²) >= 11 is 0. The average molecular weight is 259 g/mol. The monoisotopic (exact) mass is 259 g/mol. The Morgan fingerprint density at radius 2 is 2.00 bits per heavy atom. The van der Waals surface area contributed by atoms with Crippen molar-refractivity contribution < 1.29 is 13.5 Å². The molecule has 0 radical (unpaired) electrons. The lowest BCUT2D eigenvalue weighted by Crippen LogP contribution is -2.55. The Labute approximate surface area is 104 Å². The van der Waals surface area contributed by atoms with E-state index in [0.29, 0.717) is 6.54 Å². The average Bonchev–Trinajstić information content (AvgIpc) is 2.25. The molecule has 0 aliphatic heterocycles. The Bertz CT molecular complexity index is 413. The number of sulfone groups is 1. The third kappa shape index (κ3) is 2.78. The molecule has 0 amide bonds. The molecular formula is C12H21NO3S. The summed E-state index contributed by atoms with van der Waals surface area (Å²) in [6.45, 7) is 5.46. The van der Waals surface area contributed by atoms with Crippen molar-refractivity contribution in [1.29, 1.82) is 0 Å². The van der Waals surface area contributed by atoms with Gasteiger partial charge in [-0.25, -0.2) is 8.42 Å². The summed E-state index contributed by atoms with van der Waals surface area (Å²) in [4.78, 5) is 0.161. The van der Waals surface area contributed by atoms with Gasteiger partial charge in [0.2, 0.25) is 4.93 Å². The third-order valence-electron chi connectivity index (χ3n) is 3.07. The van der Waals surface area contributed by atoms with E-state index in [-0.39, 0.29) is 0 Å². The highest BCUT2D eigenvalue weighted by atomic mass is 32.2. The molecule has 0 aromatic rings. The minimum Gasteiger partial charge on any atom is -0.370 e. The van der Waals surface area contributed by atoms with Crippen LogP contribution in [0, 0.1) is 0 Å². The van der Waals surface area contributed by atoms with Crippen LogP contribution in [0.3, 0.4) is 0 Å². The van der Waals surface area contributed by atoms with E-state index < -0.39 is 20.8 Å². The van der Waals surface area contributed by atoms with Crippen LogP contribution in [0.2, 0.25) is 0 Å². The van der Waals surface area contributed by atoms with Gasteiger partial charge in [-0.1, -0.05) is 32.1 Å². The number of nitrogens with zero attached hydrogens (tertiary/aromatic N) is 1. The Morgan fingerprint density at radius 1 is 1.35 bits per heavy atom. The van der Waals surface area contributed by atoms with Crippen LogP contribution in [0.4, 0.5) is 0 Å². The van der Waals surface area contributed by atoms with E-state index in [4.69, 9.17) is 0 Å². The SMILES string of the molecule is CCCN(CC)C1C=CC=CC1(O)S(C)(=O)=O. The fraction of sp³-hybridized carbons (Fsp3) is 0.667. The first kappa shape index (κ1) is 14.4. The lowest BCUT2D eigenvalue weighted by Gasteiger charge is -2.39. The van der Waals surface area contributed by atoms with Crippen molar-refractivity contribution in [2.24, 2.45) is 0 Å². The maximum Gasteiger partial charge on any atom is 0.203 e. The first-order chi connectivity index (χ1) is 7.86. The highest BCUT2D eigenvalue weighted by Crippen LogP contribution is 2.28. The van der Waals surface area contributed by atoms with Crippen molar-refractivity contribution in [2.45, 2.75) is 31.2 Å². The number of hydrogen-bond acceptors (Lipinski definition) is 4. The predicted molar refractivity (Wildman–Crippen MR) is 69.4 cm³/mol. The van der Waals surface area contributed by atoms with Crippen LogP contribution in [0.15, 0.2) is 24.3 Å². The lowest BCUT2D eigenvalue weighted by molar-refractivity contribution is 0.0738. The van der Waals surface area contributed by atoms with Gasteiger partial charge in [0.1, 0.15) is 0 Å². The Balaban J connectivity index is 3.11. The van der Waals surface area contributed by atoms with E-state index in [9.17, 15) is 13.5 Å². The van der Waals surface area contributed by atoms with Crippen molar-refractivity contribution in [3.05, 3.63) is 24.3 Å². The highest BCUT2D eigenvalue weighted by molar-refractivity contribution is 7.92. The molecule has 0 bridgehead atoms. The van der Waals surface area contributed by atoms with Crippen molar-refractivity contribution >= 4 is 9.84 Å². The summed E-state index contributed by atoms with van der Waals surface area (Å²) in [6.07, 6.45) is 8.47. The molecule has 2 atom stereocenters. The van der Waals surface area contributed by atoms with Crippen LogP contribution in [0.25, 0.3) is 0 Å². The topological polar surface area (TPSA) is 57.6 Å². The Kier molecular flexibility index (Phi) is 4.52. The zero-order valence-electron chi connectivity index (χ0n) is 10.6. The molecule has 2 unspecified atom stereocenters. The normalized spacial score (nSPS) is 28.9. The number of hydrogen-bond donors (Lipinski definition) is 1. The second kappa shape index (κ2) is 5.33. The van der Waals surface area contributed by atoms with Gasteiger partial charge in [-0.2, -0.15) is 0 Å². The zero-order valence-corrected chi connectivity index (χ0v) is 11.4. The van der Waals surface area contributed by atoms with Gasteiger partial charge in [0.05, 0.1) is 6.04 Å². The van der Waals surface area contributed by atoms with Gasteiger partial charge in [-0.05, 0) is 25.6 Å². The van der Waals surface area contributed by atoms with Gasteiger partial charge in [-0.3, -0.25) is 4.90 Å². The number of aliphatic hydroxyl groups is 1. The van der Waals surface area contributed by atoms with Crippen LogP contribution >= 0.6 is 0 Å². The van der Waals surface area contributed by atoms with Crippen LogP contribution in [-0.4, -0.2) is 48.7 Å². The van der Waals surface area contributed by atoms with Gasteiger partial charge in [0, 0.05) is 6.26 Å². The molecule has 5 heteroatoms. The fourth-order valence-electron chi connectivity index (χ4n) is 2.11. The van der Waals surface area contributed by atoms with Crippen LogP contribution in [-0.2, 0) is 9.84 Å². The summed E-state index contributed by atoms with van der Waals surface area (Å²) in [5, 5.41) is 10.4. The van der Waals surface area contributed by atoms with Gasteiger partial charge in [-0.15, -0.1) is 0 Å². The second-order valence-electron chi connectivity index (χ2n) is 4.34. The van der Waals surface area contributed by atoms with Crippen LogP contribution in [0.5, 0.6) is 0 Å². The third-order valence-corrected chi connectivity index (χ3v) is 4.63. The van der Waals surface area contributed by atoms with E-state index in [2.05, 4.69) is 0 Å². The first-order valence-electron chi connectivity index (χ1n) is 5.88. The molecule has 0 aromatic carbocycles. The highest BCUT2D eigenvalue weighted by Gasteiger charge is 2.45. The molecule has 1 aliphatic rings. The minimum atomic E-state index is -3.57. The molecule has 98 valence electrons. The van der Waals surface area contributed by atoms with E-state index in [1.54, 1.807) is 18.2 Å². The molecule has 1 rings (SSSR count).